The van der Waals surface area contributed by atoms with E-state index in [2.05, 4.69) is 22.3 Å². The summed E-state index contributed by atoms with van der Waals surface area (Å²) < 4.78 is 0. The van der Waals surface area contributed by atoms with Gasteiger partial charge in [0.1, 0.15) is 0 Å². The van der Waals surface area contributed by atoms with Crippen LogP contribution in [0, 0.1) is 5.92 Å². The third-order valence-electron chi connectivity index (χ3n) is 3.85. The van der Waals surface area contributed by atoms with Crippen molar-refractivity contribution in [1.82, 2.24) is 4.90 Å². The van der Waals surface area contributed by atoms with Crippen molar-refractivity contribution in [3.05, 3.63) is 29.8 Å². The Bertz CT molecular complexity index is 436. The number of hydrogen-bond acceptors (Lipinski definition) is 3. The highest BCUT2D eigenvalue weighted by Crippen LogP contribution is 2.15. The van der Waals surface area contributed by atoms with E-state index < -0.39 is 6.04 Å². The topological polar surface area (TPSA) is 58.4 Å². The average Bonchev–Trinajstić information content (AvgIpc) is 2.92. The molecule has 1 aliphatic rings. The number of nitrogens with zero attached hydrogens (tertiary/aromatic N) is 1. The van der Waals surface area contributed by atoms with Crippen LogP contribution >= 0.6 is 0 Å². The van der Waals surface area contributed by atoms with Gasteiger partial charge in [0.2, 0.25) is 5.91 Å². The summed E-state index contributed by atoms with van der Waals surface area (Å²) in [6, 6.07) is 7.61. The number of likely N-dealkylation sites (tertiary alicyclic amines) is 1. The van der Waals surface area contributed by atoms with Gasteiger partial charge < -0.3 is 11.1 Å². The number of nitrogens with one attached hydrogen (secondary N) is 1. The van der Waals surface area contributed by atoms with Gasteiger partial charge in [0.25, 0.3) is 0 Å². The molecule has 1 aliphatic heterocycles. The van der Waals surface area contributed by atoms with Gasteiger partial charge in [-0.25, -0.2) is 0 Å². The van der Waals surface area contributed by atoms with Crippen molar-refractivity contribution in [2.75, 3.05) is 18.4 Å². The SMILES string of the molecule is CC(C)[C@H](N)C(=O)Nc1ccc(CN2CCCC2)cc1. The molecule has 1 fully saturated rings. The fourth-order valence-corrected chi connectivity index (χ4v) is 2.42. The van der Waals surface area contributed by atoms with E-state index in [4.69, 9.17) is 5.73 Å². The van der Waals surface area contributed by atoms with Gasteiger partial charge in [-0.1, -0.05) is 26.0 Å². The summed E-state index contributed by atoms with van der Waals surface area (Å²) in [6.07, 6.45) is 2.61. The van der Waals surface area contributed by atoms with Gasteiger partial charge in [-0.05, 0) is 49.5 Å². The van der Waals surface area contributed by atoms with E-state index in [1.165, 1.54) is 31.5 Å². The zero-order chi connectivity index (χ0) is 14.5. The Hall–Kier alpha value is -1.39. The second kappa shape index (κ2) is 6.86. The molecule has 1 aromatic rings. The second-order valence-electron chi connectivity index (χ2n) is 5.94. The molecule has 2 rings (SSSR count). The molecule has 1 saturated heterocycles. The van der Waals surface area contributed by atoms with Crippen LogP contribution in [0.25, 0.3) is 0 Å². The van der Waals surface area contributed by atoms with E-state index in [1.54, 1.807) is 0 Å². The maximum atomic E-state index is 11.9. The Kier molecular flexibility index (Phi) is 5.15. The first-order valence-corrected chi connectivity index (χ1v) is 7.44. The lowest BCUT2D eigenvalue weighted by Crippen LogP contribution is -2.39. The van der Waals surface area contributed by atoms with Crippen LogP contribution in [0.3, 0.4) is 0 Å². The first-order valence-electron chi connectivity index (χ1n) is 7.44. The lowest BCUT2D eigenvalue weighted by atomic mass is 10.0. The van der Waals surface area contributed by atoms with Gasteiger partial charge in [-0.2, -0.15) is 0 Å². The molecular weight excluding hydrogens is 250 g/mol. The number of carbonyl (C=O) groups excluding carboxylic acids is 1. The van der Waals surface area contributed by atoms with Crippen molar-refractivity contribution < 1.29 is 4.79 Å². The quantitative estimate of drug-likeness (QED) is 0.866. The standard InChI is InChI=1S/C16H25N3O/c1-12(2)15(17)16(20)18-14-7-5-13(6-8-14)11-19-9-3-4-10-19/h5-8,12,15H,3-4,9-11,17H2,1-2H3,(H,18,20)/t15-/m0/s1. The average molecular weight is 275 g/mol. The van der Waals surface area contributed by atoms with Crippen LogP contribution < -0.4 is 11.1 Å². The van der Waals surface area contributed by atoms with Crippen molar-refractivity contribution in [3.63, 3.8) is 0 Å². The number of nitrogens with two attached hydrogens (primary N) is 1. The Balaban J connectivity index is 1.89. The highest BCUT2D eigenvalue weighted by atomic mass is 16.2. The van der Waals surface area contributed by atoms with E-state index in [0.29, 0.717) is 0 Å². The maximum absolute atomic E-state index is 11.9. The van der Waals surface area contributed by atoms with E-state index >= 15 is 0 Å². The molecule has 0 radical (unpaired) electrons. The number of hydrogen-bond donors (Lipinski definition) is 2. The molecule has 0 bridgehead atoms. The fourth-order valence-electron chi connectivity index (χ4n) is 2.42. The minimum Gasteiger partial charge on any atom is -0.325 e. The minimum atomic E-state index is -0.459. The molecule has 1 amide bonds. The summed E-state index contributed by atoms with van der Waals surface area (Å²) >= 11 is 0. The van der Waals surface area contributed by atoms with E-state index in [0.717, 1.165) is 12.2 Å². The number of rotatable bonds is 5. The molecule has 0 aliphatic carbocycles. The summed E-state index contributed by atoms with van der Waals surface area (Å²) in [5.41, 5.74) is 7.93. The highest BCUT2D eigenvalue weighted by molar-refractivity contribution is 5.94. The summed E-state index contributed by atoms with van der Waals surface area (Å²) in [4.78, 5) is 14.3. The molecule has 110 valence electrons. The zero-order valence-corrected chi connectivity index (χ0v) is 12.4. The predicted octanol–water partition coefficient (Wildman–Crippen LogP) is 2.20. The monoisotopic (exact) mass is 275 g/mol. The highest BCUT2D eigenvalue weighted by Gasteiger charge is 2.17. The molecule has 4 heteroatoms. The molecular formula is C16H25N3O. The number of amides is 1. The maximum Gasteiger partial charge on any atom is 0.241 e. The molecule has 0 aromatic heterocycles. The van der Waals surface area contributed by atoms with Gasteiger partial charge in [0, 0.05) is 12.2 Å². The molecule has 3 N–H and O–H groups in total. The van der Waals surface area contributed by atoms with Crippen LogP contribution in [0.1, 0.15) is 32.3 Å². The lowest BCUT2D eigenvalue weighted by Gasteiger charge is -2.16. The van der Waals surface area contributed by atoms with E-state index in [-0.39, 0.29) is 11.8 Å². The largest absolute Gasteiger partial charge is 0.325 e. The van der Waals surface area contributed by atoms with Crippen LogP contribution in [-0.4, -0.2) is 29.9 Å². The second-order valence-corrected chi connectivity index (χ2v) is 5.94. The fraction of sp³-hybridized carbons (Fsp3) is 0.562. The van der Waals surface area contributed by atoms with Crippen molar-refractivity contribution >= 4 is 11.6 Å². The summed E-state index contributed by atoms with van der Waals surface area (Å²) in [5, 5.41) is 2.87. The van der Waals surface area contributed by atoms with Gasteiger partial charge in [-0.15, -0.1) is 0 Å². The first kappa shape index (κ1) is 15.0. The Morgan fingerprint density at radius 1 is 1.25 bits per heavy atom. The van der Waals surface area contributed by atoms with Gasteiger partial charge in [0.05, 0.1) is 6.04 Å². The van der Waals surface area contributed by atoms with Crippen LogP contribution in [0.15, 0.2) is 24.3 Å². The molecule has 1 heterocycles. The van der Waals surface area contributed by atoms with Crippen molar-refractivity contribution in [3.8, 4) is 0 Å². The Morgan fingerprint density at radius 2 is 1.85 bits per heavy atom. The summed E-state index contributed by atoms with van der Waals surface area (Å²) in [6.45, 7) is 7.29. The first-order chi connectivity index (χ1) is 9.56. The van der Waals surface area contributed by atoms with Crippen molar-refractivity contribution in [1.29, 1.82) is 0 Å². The molecule has 4 nitrogen and oxygen atoms in total. The van der Waals surface area contributed by atoms with Crippen LogP contribution in [0.5, 0.6) is 0 Å². The van der Waals surface area contributed by atoms with Gasteiger partial charge in [0.15, 0.2) is 0 Å². The van der Waals surface area contributed by atoms with Crippen LogP contribution in [0.4, 0.5) is 5.69 Å². The third-order valence-corrected chi connectivity index (χ3v) is 3.85. The molecule has 0 unspecified atom stereocenters. The molecule has 20 heavy (non-hydrogen) atoms. The number of benzene rings is 1. The summed E-state index contributed by atoms with van der Waals surface area (Å²) in [5.74, 6) is 0.0248. The minimum absolute atomic E-state index is 0.118. The van der Waals surface area contributed by atoms with Gasteiger partial charge in [-0.3, -0.25) is 9.69 Å². The van der Waals surface area contributed by atoms with Crippen molar-refractivity contribution in [2.24, 2.45) is 11.7 Å². The molecule has 1 aromatic carbocycles. The Labute approximate surface area is 121 Å². The van der Waals surface area contributed by atoms with E-state index in [1.807, 2.05) is 26.0 Å². The van der Waals surface area contributed by atoms with Crippen LogP contribution in [0.2, 0.25) is 0 Å². The molecule has 1 atom stereocenters. The third kappa shape index (κ3) is 4.05. The zero-order valence-electron chi connectivity index (χ0n) is 12.4. The molecule has 0 saturated carbocycles. The predicted molar refractivity (Wildman–Crippen MR) is 82.4 cm³/mol. The Morgan fingerprint density at radius 3 is 2.40 bits per heavy atom. The number of anilines is 1. The van der Waals surface area contributed by atoms with Gasteiger partial charge >= 0.3 is 0 Å². The summed E-state index contributed by atoms with van der Waals surface area (Å²) in [7, 11) is 0. The van der Waals surface area contributed by atoms with Crippen molar-refractivity contribution in [2.45, 2.75) is 39.3 Å². The van der Waals surface area contributed by atoms with E-state index in [9.17, 15) is 4.79 Å². The normalized spacial score (nSPS) is 17.4. The lowest BCUT2D eigenvalue weighted by molar-refractivity contribution is -0.118. The molecule has 0 spiro atoms. The van der Waals surface area contributed by atoms with Crippen LogP contribution in [-0.2, 0) is 11.3 Å². The smallest absolute Gasteiger partial charge is 0.241 e. The number of carbonyl (C=O) groups is 1.